The van der Waals surface area contributed by atoms with Gasteiger partial charge >= 0.3 is 0 Å². The third-order valence-electron chi connectivity index (χ3n) is 3.32. The number of rotatable bonds is 9. The fourth-order valence-corrected chi connectivity index (χ4v) is 2.31. The van der Waals surface area contributed by atoms with Crippen molar-refractivity contribution in [3.8, 4) is 0 Å². The zero-order valence-electron chi connectivity index (χ0n) is 11.1. The third kappa shape index (κ3) is 4.37. The van der Waals surface area contributed by atoms with Crippen molar-refractivity contribution >= 4 is 5.78 Å². The van der Waals surface area contributed by atoms with Crippen molar-refractivity contribution in [2.75, 3.05) is 6.61 Å². The van der Waals surface area contributed by atoms with Gasteiger partial charge < -0.3 is 20.1 Å². The lowest BCUT2D eigenvalue weighted by Gasteiger charge is -2.40. The Hall–Kier alpha value is -0.450. The summed E-state index contributed by atoms with van der Waals surface area (Å²) in [7, 11) is 0. The van der Waals surface area contributed by atoms with Gasteiger partial charge in [0.1, 0.15) is 5.78 Å². The van der Waals surface area contributed by atoms with Gasteiger partial charge in [0.2, 0.25) is 0 Å². The summed E-state index contributed by atoms with van der Waals surface area (Å²) < 4.78 is 0. The number of aliphatic hydroxyl groups is 3. The number of ketones is 1. The molecular weight excluding hydrogens is 220 g/mol. The van der Waals surface area contributed by atoms with Gasteiger partial charge in [-0.3, -0.25) is 0 Å². The maximum absolute atomic E-state index is 11.3. The van der Waals surface area contributed by atoms with Gasteiger partial charge in [-0.15, -0.1) is 0 Å². The standard InChI is InChI=1S/C13H26O4/c1-4-6-11(16)13(9-14,8-10(3)15)12(17)7-5-2/h11-12,14,16-17H,4-9H2,1-3H3. The fourth-order valence-electron chi connectivity index (χ4n) is 2.31. The number of Topliss-reactive ketones (excluding diaryl/α,β-unsaturated/α-hetero) is 1. The first-order chi connectivity index (χ1) is 7.94. The lowest BCUT2D eigenvalue weighted by molar-refractivity contribution is -0.137. The van der Waals surface area contributed by atoms with Crippen molar-refractivity contribution < 1.29 is 20.1 Å². The largest absolute Gasteiger partial charge is 0.396 e. The van der Waals surface area contributed by atoms with Crippen LogP contribution in [0, 0.1) is 5.41 Å². The zero-order chi connectivity index (χ0) is 13.5. The maximum atomic E-state index is 11.3. The highest BCUT2D eigenvalue weighted by Crippen LogP contribution is 2.35. The van der Waals surface area contributed by atoms with Gasteiger partial charge in [0, 0.05) is 6.42 Å². The molecule has 0 bridgehead atoms. The molecule has 0 aliphatic carbocycles. The molecule has 2 atom stereocenters. The first-order valence-corrected chi connectivity index (χ1v) is 6.41. The minimum Gasteiger partial charge on any atom is -0.396 e. The van der Waals surface area contributed by atoms with Crippen LogP contribution in [0.2, 0.25) is 0 Å². The Morgan fingerprint density at radius 2 is 1.53 bits per heavy atom. The SMILES string of the molecule is CCCC(O)C(CO)(CC(C)=O)C(O)CCC. The zero-order valence-corrected chi connectivity index (χ0v) is 11.1. The first-order valence-electron chi connectivity index (χ1n) is 6.41. The molecule has 3 N–H and O–H groups in total. The molecule has 17 heavy (non-hydrogen) atoms. The molecule has 0 radical (unpaired) electrons. The van der Waals surface area contributed by atoms with E-state index in [9.17, 15) is 20.1 Å². The molecule has 102 valence electrons. The van der Waals surface area contributed by atoms with Crippen molar-refractivity contribution in [1.82, 2.24) is 0 Å². The van der Waals surface area contributed by atoms with Crippen LogP contribution in [0.15, 0.2) is 0 Å². The van der Waals surface area contributed by atoms with Crippen LogP contribution in [-0.4, -0.2) is 39.9 Å². The minimum atomic E-state index is -1.10. The second-order valence-corrected chi connectivity index (χ2v) is 4.88. The second-order valence-electron chi connectivity index (χ2n) is 4.88. The van der Waals surface area contributed by atoms with Crippen LogP contribution >= 0.6 is 0 Å². The average Bonchev–Trinajstić information content (AvgIpc) is 2.26. The highest BCUT2D eigenvalue weighted by Gasteiger charge is 2.44. The summed E-state index contributed by atoms with van der Waals surface area (Å²) >= 11 is 0. The van der Waals surface area contributed by atoms with E-state index in [4.69, 9.17) is 0 Å². The van der Waals surface area contributed by atoms with Crippen molar-refractivity contribution in [3.05, 3.63) is 0 Å². The van der Waals surface area contributed by atoms with Crippen LogP contribution in [0.5, 0.6) is 0 Å². The Bertz CT molecular complexity index is 215. The van der Waals surface area contributed by atoms with Gasteiger partial charge in [0.05, 0.1) is 24.2 Å². The summed E-state index contributed by atoms with van der Waals surface area (Å²) in [5, 5.41) is 29.8. The van der Waals surface area contributed by atoms with Crippen molar-refractivity contribution in [1.29, 1.82) is 0 Å². The first kappa shape index (κ1) is 16.6. The van der Waals surface area contributed by atoms with Crippen LogP contribution in [0.3, 0.4) is 0 Å². The number of hydrogen-bond donors (Lipinski definition) is 3. The predicted molar refractivity (Wildman–Crippen MR) is 66.6 cm³/mol. The molecule has 2 unspecified atom stereocenters. The molecule has 0 saturated carbocycles. The van der Waals surface area contributed by atoms with Gasteiger partial charge in [0.25, 0.3) is 0 Å². The number of carbonyl (C=O) groups excluding carboxylic acids is 1. The Morgan fingerprint density at radius 1 is 1.12 bits per heavy atom. The smallest absolute Gasteiger partial charge is 0.130 e. The molecule has 0 spiro atoms. The Balaban J connectivity index is 5.04. The summed E-state index contributed by atoms with van der Waals surface area (Å²) in [6.07, 6.45) is 0.792. The number of hydrogen-bond acceptors (Lipinski definition) is 4. The highest BCUT2D eigenvalue weighted by molar-refractivity contribution is 5.76. The molecule has 0 aromatic heterocycles. The van der Waals surface area contributed by atoms with E-state index in [-0.39, 0.29) is 18.8 Å². The molecule has 0 fully saturated rings. The van der Waals surface area contributed by atoms with E-state index in [1.54, 1.807) is 0 Å². The predicted octanol–water partition coefficient (Wildman–Crippen LogP) is 1.27. The lowest BCUT2D eigenvalue weighted by Crippen LogP contribution is -2.49. The van der Waals surface area contributed by atoms with E-state index >= 15 is 0 Å². The summed E-state index contributed by atoms with van der Waals surface area (Å²) in [4.78, 5) is 11.3. The summed E-state index contributed by atoms with van der Waals surface area (Å²) in [5.41, 5.74) is -1.10. The van der Waals surface area contributed by atoms with Gasteiger partial charge in [-0.05, 0) is 19.8 Å². The minimum absolute atomic E-state index is 0.0197. The molecule has 0 amide bonds. The molecule has 4 nitrogen and oxygen atoms in total. The maximum Gasteiger partial charge on any atom is 0.130 e. The van der Waals surface area contributed by atoms with Crippen LogP contribution in [0.4, 0.5) is 0 Å². The van der Waals surface area contributed by atoms with E-state index in [2.05, 4.69) is 0 Å². The summed E-state index contributed by atoms with van der Waals surface area (Å²) in [5.74, 6) is -0.121. The summed E-state index contributed by atoms with van der Waals surface area (Å²) in [6.45, 7) is 4.90. The number of aliphatic hydroxyl groups excluding tert-OH is 3. The van der Waals surface area contributed by atoms with Crippen LogP contribution in [0.1, 0.15) is 52.9 Å². The van der Waals surface area contributed by atoms with Gasteiger partial charge in [-0.25, -0.2) is 0 Å². The molecule has 4 heteroatoms. The highest BCUT2D eigenvalue weighted by atomic mass is 16.3. The Labute approximate surface area is 104 Å². The third-order valence-corrected chi connectivity index (χ3v) is 3.32. The molecule has 0 saturated heterocycles. The van der Waals surface area contributed by atoms with Gasteiger partial charge in [-0.1, -0.05) is 26.7 Å². The number of carbonyl (C=O) groups is 1. The van der Waals surface area contributed by atoms with E-state index in [0.717, 1.165) is 12.8 Å². The van der Waals surface area contributed by atoms with Crippen LogP contribution in [0.25, 0.3) is 0 Å². The van der Waals surface area contributed by atoms with Crippen LogP contribution in [-0.2, 0) is 4.79 Å². The Morgan fingerprint density at radius 3 is 1.76 bits per heavy atom. The van der Waals surface area contributed by atoms with Gasteiger partial charge in [-0.2, -0.15) is 0 Å². The topological polar surface area (TPSA) is 77.8 Å². The van der Waals surface area contributed by atoms with Crippen LogP contribution < -0.4 is 0 Å². The molecule has 0 aliphatic heterocycles. The fraction of sp³-hybridized carbons (Fsp3) is 0.923. The van der Waals surface area contributed by atoms with Crippen molar-refractivity contribution in [2.24, 2.45) is 5.41 Å². The molecule has 0 heterocycles. The lowest BCUT2D eigenvalue weighted by atomic mass is 9.71. The van der Waals surface area contributed by atoms with Crippen molar-refractivity contribution in [2.45, 2.75) is 65.1 Å². The quantitative estimate of drug-likeness (QED) is 0.572. The molecule has 0 rings (SSSR count). The van der Waals surface area contributed by atoms with E-state index in [0.29, 0.717) is 12.8 Å². The van der Waals surface area contributed by atoms with Crippen molar-refractivity contribution in [3.63, 3.8) is 0 Å². The molecular formula is C13H26O4. The molecule has 0 aromatic rings. The normalized spacial score (nSPS) is 18.5. The summed E-state index contributed by atoms with van der Waals surface area (Å²) in [6, 6.07) is 0. The molecule has 0 aromatic carbocycles. The monoisotopic (exact) mass is 246 g/mol. The average molecular weight is 246 g/mol. The van der Waals surface area contributed by atoms with E-state index in [1.165, 1.54) is 6.92 Å². The molecule has 0 aliphatic rings. The van der Waals surface area contributed by atoms with Gasteiger partial charge in [0.15, 0.2) is 0 Å². The van der Waals surface area contributed by atoms with E-state index < -0.39 is 17.6 Å². The van der Waals surface area contributed by atoms with E-state index in [1.807, 2.05) is 13.8 Å². The second kappa shape index (κ2) is 7.80. The Kier molecular flexibility index (Phi) is 7.59.